The van der Waals surface area contributed by atoms with Gasteiger partial charge in [-0.05, 0) is 51.9 Å². The molecule has 1 aliphatic rings. The van der Waals surface area contributed by atoms with Crippen molar-refractivity contribution >= 4 is 0 Å². The molecule has 3 heteroatoms. The van der Waals surface area contributed by atoms with E-state index in [0.717, 1.165) is 32.1 Å². The topological polar surface area (TPSA) is 38.5 Å². The third kappa shape index (κ3) is 4.60. The van der Waals surface area contributed by atoms with E-state index < -0.39 is 0 Å². The molecule has 0 bridgehead atoms. The predicted octanol–water partition coefficient (Wildman–Crippen LogP) is 0.694. The monoisotopic (exact) mass is 186 g/mol. The Kier molecular flexibility index (Phi) is 5.35. The van der Waals surface area contributed by atoms with E-state index in [1.165, 1.54) is 25.9 Å². The van der Waals surface area contributed by atoms with Crippen LogP contribution >= 0.6 is 0 Å². The number of hydrogen-bond acceptors (Lipinski definition) is 3. The summed E-state index contributed by atoms with van der Waals surface area (Å²) < 4.78 is 5.55. The van der Waals surface area contributed by atoms with Crippen LogP contribution < -0.4 is 5.73 Å². The Bertz CT molecular complexity index is 122. The summed E-state index contributed by atoms with van der Waals surface area (Å²) in [5.74, 6) is 0.786. The summed E-state index contributed by atoms with van der Waals surface area (Å²) in [6.07, 6.45) is 3.57. The van der Waals surface area contributed by atoms with Gasteiger partial charge >= 0.3 is 0 Å². The molecule has 1 fully saturated rings. The van der Waals surface area contributed by atoms with E-state index in [1.807, 2.05) is 0 Å². The van der Waals surface area contributed by atoms with Gasteiger partial charge in [0.05, 0.1) is 0 Å². The zero-order chi connectivity index (χ0) is 9.52. The Hall–Kier alpha value is -0.120. The molecule has 0 aromatic rings. The molecule has 0 aliphatic carbocycles. The summed E-state index contributed by atoms with van der Waals surface area (Å²) in [7, 11) is 2.19. The highest BCUT2D eigenvalue weighted by molar-refractivity contribution is 4.69. The van der Waals surface area contributed by atoms with Crippen LogP contribution in [0.1, 0.15) is 19.3 Å². The fraction of sp³-hybridized carbons (Fsp3) is 1.00. The molecule has 0 saturated carbocycles. The molecule has 1 saturated heterocycles. The van der Waals surface area contributed by atoms with Crippen LogP contribution in [0.5, 0.6) is 0 Å². The Labute approximate surface area is 81.2 Å². The Morgan fingerprint density at radius 2 is 2.08 bits per heavy atom. The number of nitrogens with zero attached hydrogens (tertiary/aromatic N) is 1. The van der Waals surface area contributed by atoms with Crippen LogP contribution in [0.2, 0.25) is 0 Å². The summed E-state index contributed by atoms with van der Waals surface area (Å²) in [5, 5.41) is 0. The summed E-state index contributed by atoms with van der Waals surface area (Å²) in [6.45, 7) is 4.97. The average Bonchev–Trinajstić information content (AvgIpc) is 2.15. The van der Waals surface area contributed by atoms with Crippen molar-refractivity contribution in [2.75, 3.05) is 39.9 Å². The second-order valence-corrected chi connectivity index (χ2v) is 3.96. The van der Waals surface area contributed by atoms with Gasteiger partial charge in [-0.25, -0.2) is 0 Å². The molecule has 0 radical (unpaired) electrons. The molecule has 0 unspecified atom stereocenters. The Balaban J connectivity index is 1.96. The maximum absolute atomic E-state index is 5.55. The predicted molar refractivity (Wildman–Crippen MR) is 54.7 cm³/mol. The highest BCUT2D eigenvalue weighted by Crippen LogP contribution is 2.15. The van der Waals surface area contributed by atoms with Gasteiger partial charge in [0.25, 0.3) is 0 Å². The SMILES string of the molecule is CN1CCC(COCCCN)CC1. The van der Waals surface area contributed by atoms with Crippen LogP contribution in [0.15, 0.2) is 0 Å². The number of rotatable bonds is 5. The van der Waals surface area contributed by atoms with E-state index in [1.54, 1.807) is 0 Å². The van der Waals surface area contributed by atoms with Crippen molar-refractivity contribution in [3.05, 3.63) is 0 Å². The third-order valence-corrected chi connectivity index (χ3v) is 2.68. The van der Waals surface area contributed by atoms with Crippen LogP contribution in [-0.4, -0.2) is 44.8 Å². The second kappa shape index (κ2) is 6.35. The average molecular weight is 186 g/mol. The van der Waals surface area contributed by atoms with Crippen molar-refractivity contribution in [1.29, 1.82) is 0 Å². The fourth-order valence-corrected chi connectivity index (χ4v) is 1.66. The third-order valence-electron chi connectivity index (χ3n) is 2.68. The minimum Gasteiger partial charge on any atom is -0.381 e. The van der Waals surface area contributed by atoms with Gasteiger partial charge < -0.3 is 15.4 Å². The molecule has 1 rings (SSSR count). The Morgan fingerprint density at radius 1 is 1.38 bits per heavy atom. The molecule has 0 aromatic heterocycles. The van der Waals surface area contributed by atoms with Crippen LogP contribution in [0, 0.1) is 5.92 Å². The van der Waals surface area contributed by atoms with E-state index in [4.69, 9.17) is 10.5 Å². The molecule has 0 atom stereocenters. The first-order chi connectivity index (χ1) is 6.33. The van der Waals surface area contributed by atoms with E-state index >= 15 is 0 Å². The first-order valence-corrected chi connectivity index (χ1v) is 5.29. The summed E-state index contributed by atoms with van der Waals surface area (Å²) in [6, 6.07) is 0. The van der Waals surface area contributed by atoms with Gasteiger partial charge in [0.2, 0.25) is 0 Å². The van der Waals surface area contributed by atoms with Gasteiger partial charge in [-0.1, -0.05) is 0 Å². The van der Waals surface area contributed by atoms with Gasteiger partial charge in [-0.2, -0.15) is 0 Å². The van der Waals surface area contributed by atoms with Crippen LogP contribution in [0.25, 0.3) is 0 Å². The van der Waals surface area contributed by atoms with Crippen molar-refractivity contribution in [2.24, 2.45) is 11.7 Å². The number of likely N-dealkylation sites (tertiary alicyclic amines) is 1. The number of hydrogen-bond donors (Lipinski definition) is 1. The maximum Gasteiger partial charge on any atom is 0.0495 e. The molecule has 0 aromatic carbocycles. The number of ether oxygens (including phenoxy) is 1. The van der Waals surface area contributed by atoms with E-state index in [9.17, 15) is 0 Å². The fourth-order valence-electron chi connectivity index (χ4n) is 1.66. The normalized spacial score (nSPS) is 20.8. The maximum atomic E-state index is 5.55. The summed E-state index contributed by atoms with van der Waals surface area (Å²) in [5.41, 5.74) is 5.38. The lowest BCUT2D eigenvalue weighted by Crippen LogP contribution is -2.32. The highest BCUT2D eigenvalue weighted by atomic mass is 16.5. The van der Waals surface area contributed by atoms with Crippen molar-refractivity contribution in [3.8, 4) is 0 Å². The van der Waals surface area contributed by atoms with E-state index in [2.05, 4.69) is 11.9 Å². The summed E-state index contributed by atoms with van der Waals surface area (Å²) in [4.78, 5) is 2.39. The molecule has 2 N–H and O–H groups in total. The largest absolute Gasteiger partial charge is 0.381 e. The number of nitrogens with two attached hydrogens (primary N) is 1. The van der Waals surface area contributed by atoms with Crippen LogP contribution in [-0.2, 0) is 4.74 Å². The second-order valence-electron chi connectivity index (χ2n) is 3.96. The first kappa shape index (κ1) is 11.0. The lowest BCUT2D eigenvalue weighted by Gasteiger charge is -2.28. The zero-order valence-corrected chi connectivity index (χ0v) is 8.67. The van der Waals surface area contributed by atoms with E-state index in [0.29, 0.717) is 0 Å². The molecule has 3 nitrogen and oxygen atoms in total. The van der Waals surface area contributed by atoms with Gasteiger partial charge in [0.15, 0.2) is 0 Å². The molecule has 1 heterocycles. The highest BCUT2D eigenvalue weighted by Gasteiger charge is 2.16. The van der Waals surface area contributed by atoms with Gasteiger partial charge in [0.1, 0.15) is 0 Å². The molecule has 1 aliphatic heterocycles. The van der Waals surface area contributed by atoms with Crippen molar-refractivity contribution in [1.82, 2.24) is 4.90 Å². The Morgan fingerprint density at radius 3 is 2.69 bits per heavy atom. The molecular formula is C10H22N2O. The van der Waals surface area contributed by atoms with E-state index in [-0.39, 0.29) is 0 Å². The van der Waals surface area contributed by atoms with Crippen molar-refractivity contribution in [3.63, 3.8) is 0 Å². The van der Waals surface area contributed by atoms with Crippen molar-refractivity contribution in [2.45, 2.75) is 19.3 Å². The van der Waals surface area contributed by atoms with Gasteiger partial charge in [-0.3, -0.25) is 0 Å². The van der Waals surface area contributed by atoms with Crippen LogP contribution in [0.4, 0.5) is 0 Å². The van der Waals surface area contributed by atoms with Crippen LogP contribution in [0.3, 0.4) is 0 Å². The molecule has 0 amide bonds. The lowest BCUT2D eigenvalue weighted by atomic mass is 9.98. The molecule has 0 spiro atoms. The zero-order valence-electron chi connectivity index (χ0n) is 8.67. The lowest BCUT2D eigenvalue weighted by molar-refractivity contribution is 0.0717. The molecule has 13 heavy (non-hydrogen) atoms. The quantitative estimate of drug-likeness (QED) is 0.642. The van der Waals surface area contributed by atoms with Gasteiger partial charge in [0, 0.05) is 13.2 Å². The standard InChI is InChI=1S/C10H22N2O/c1-12-6-3-10(4-7-12)9-13-8-2-5-11/h10H,2-9,11H2,1H3. The summed E-state index contributed by atoms with van der Waals surface area (Å²) >= 11 is 0. The minimum atomic E-state index is 0.743. The molecular weight excluding hydrogens is 164 g/mol. The van der Waals surface area contributed by atoms with Gasteiger partial charge in [-0.15, -0.1) is 0 Å². The van der Waals surface area contributed by atoms with Crippen molar-refractivity contribution < 1.29 is 4.74 Å². The first-order valence-electron chi connectivity index (χ1n) is 5.29. The minimum absolute atomic E-state index is 0.743. The number of piperidine rings is 1. The smallest absolute Gasteiger partial charge is 0.0495 e. The molecule has 78 valence electrons.